The van der Waals surface area contributed by atoms with Gasteiger partial charge in [0.1, 0.15) is 11.4 Å². The summed E-state index contributed by atoms with van der Waals surface area (Å²) in [5.41, 5.74) is -1.35. The van der Waals surface area contributed by atoms with E-state index in [1.54, 1.807) is 0 Å². The molecule has 2 fully saturated rings. The molecule has 2 saturated carbocycles. The van der Waals surface area contributed by atoms with Crippen molar-refractivity contribution in [2.75, 3.05) is 0 Å². The Balaban J connectivity index is 2.17. The fourth-order valence-electron chi connectivity index (χ4n) is 3.60. The topological polar surface area (TPSA) is 54.4 Å². The Bertz CT molecular complexity index is 337. The fraction of sp³-hybridized carbons (Fsp3) is 0.875. The predicted octanol–water partition coefficient (Wildman–Crippen LogP) is 3.18. The molecule has 1 N–H and O–H groups in total. The van der Waals surface area contributed by atoms with E-state index in [4.69, 9.17) is 0 Å². The molecule has 0 heterocycles. The maximum Gasteiger partial charge on any atom is 0.165 e. The summed E-state index contributed by atoms with van der Waals surface area (Å²) in [6.07, 6.45) is 10.1. The molecule has 3 heteroatoms. The summed E-state index contributed by atoms with van der Waals surface area (Å²) in [5.74, 6) is -0.388. The maximum atomic E-state index is 12.3. The first-order chi connectivity index (χ1) is 9.14. The lowest BCUT2D eigenvalue weighted by Gasteiger charge is -2.36. The highest BCUT2D eigenvalue weighted by molar-refractivity contribution is 5.94. The van der Waals surface area contributed by atoms with Gasteiger partial charge in [-0.1, -0.05) is 38.5 Å². The van der Waals surface area contributed by atoms with E-state index in [0.29, 0.717) is 25.7 Å². The van der Waals surface area contributed by atoms with E-state index in [1.165, 1.54) is 0 Å². The first-order valence-corrected chi connectivity index (χ1v) is 7.93. The Labute approximate surface area is 115 Å². The highest BCUT2D eigenvalue weighted by Gasteiger charge is 2.45. The van der Waals surface area contributed by atoms with Crippen LogP contribution in [0.2, 0.25) is 0 Å². The second-order valence-corrected chi connectivity index (χ2v) is 6.23. The van der Waals surface area contributed by atoms with Crippen molar-refractivity contribution in [1.29, 1.82) is 0 Å². The van der Waals surface area contributed by atoms with Crippen molar-refractivity contribution in [2.45, 2.75) is 82.7 Å². The molecule has 0 aromatic rings. The van der Waals surface area contributed by atoms with Crippen LogP contribution in [-0.2, 0) is 9.59 Å². The molecule has 0 saturated heterocycles. The highest BCUT2D eigenvalue weighted by atomic mass is 16.3. The maximum absolute atomic E-state index is 12.3. The van der Waals surface area contributed by atoms with Crippen LogP contribution in [0.15, 0.2) is 0 Å². The van der Waals surface area contributed by atoms with Crippen molar-refractivity contribution < 1.29 is 14.7 Å². The third-order valence-electron chi connectivity index (χ3n) is 4.83. The molecule has 108 valence electrons. The van der Waals surface area contributed by atoms with Crippen molar-refractivity contribution in [3.05, 3.63) is 0 Å². The Morgan fingerprint density at radius 3 is 2.26 bits per heavy atom. The van der Waals surface area contributed by atoms with Crippen LogP contribution in [-0.4, -0.2) is 22.3 Å². The number of hydrogen-bond donors (Lipinski definition) is 1. The van der Waals surface area contributed by atoms with Gasteiger partial charge in [0.2, 0.25) is 0 Å². The quantitative estimate of drug-likeness (QED) is 0.793. The lowest BCUT2D eigenvalue weighted by molar-refractivity contribution is -0.153. The van der Waals surface area contributed by atoms with Gasteiger partial charge in [-0.25, -0.2) is 0 Å². The van der Waals surface area contributed by atoms with Gasteiger partial charge in [-0.05, 0) is 25.7 Å². The van der Waals surface area contributed by atoms with Crippen LogP contribution >= 0.6 is 0 Å². The molecular weight excluding hydrogens is 240 g/mol. The number of rotatable bonds is 1. The zero-order valence-electron chi connectivity index (χ0n) is 11.8. The minimum atomic E-state index is -1.35. The van der Waals surface area contributed by atoms with Gasteiger partial charge in [0.15, 0.2) is 5.78 Å². The number of aliphatic hydroxyl groups is 1. The SMILES string of the molecule is O=C1CCCCCCC1C1(O)CCCCCCC1=O. The van der Waals surface area contributed by atoms with Gasteiger partial charge in [0, 0.05) is 12.8 Å². The van der Waals surface area contributed by atoms with E-state index in [1.807, 2.05) is 0 Å². The highest BCUT2D eigenvalue weighted by Crippen LogP contribution is 2.35. The molecule has 0 aliphatic heterocycles. The van der Waals surface area contributed by atoms with Crippen LogP contribution in [0.5, 0.6) is 0 Å². The Kier molecular flexibility index (Phi) is 5.14. The number of hydrogen-bond acceptors (Lipinski definition) is 3. The number of ketones is 2. The summed E-state index contributed by atoms with van der Waals surface area (Å²) >= 11 is 0. The Morgan fingerprint density at radius 2 is 1.47 bits per heavy atom. The van der Waals surface area contributed by atoms with Crippen LogP contribution < -0.4 is 0 Å². The summed E-state index contributed by atoms with van der Waals surface area (Å²) in [5, 5.41) is 10.9. The largest absolute Gasteiger partial charge is 0.381 e. The van der Waals surface area contributed by atoms with Crippen LogP contribution in [0.25, 0.3) is 0 Å². The second kappa shape index (κ2) is 6.65. The minimum Gasteiger partial charge on any atom is -0.381 e. The molecule has 19 heavy (non-hydrogen) atoms. The van der Waals surface area contributed by atoms with Crippen LogP contribution in [0.4, 0.5) is 0 Å². The molecule has 2 aliphatic rings. The average molecular weight is 266 g/mol. The predicted molar refractivity (Wildman–Crippen MR) is 73.9 cm³/mol. The summed E-state index contributed by atoms with van der Waals surface area (Å²) in [6.45, 7) is 0. The van der Waals surface area contributed by atoms with Gasteiger partial charge < -0.3 is 5.11 Å². The normalized spacial score (nSPS) is 35.1. The van der Waals surface area contributed by atoms with Crippen LogP contribution in [0.3, 0.4) is 0 Å². The molecule has 2 rings (SSSR count). The molecule has 0 amide bonds. The molecule has 0 spiro atoms. The summed E-state index contributed by atoms with van der Waals surface area (Å²) in [4.78, 5) is 24.6. The smallest absolute Gasteiger partial charge is 0.165 e. The van der Waals surface area contributed by atoms with Crippen molar-refractivity contribution in [3.8, 4) is 0 Å². The van der Waals surface area contributed by atoms with Crippen LogP contribution in [0.1, 0.15) is 77.0 Å². The first-order valence-electron chi connectivity index (χ1n) is 7.93. The van der Waals surface area contributed by atoms with Crippen molar-refractivity contribution >= 4 is 11.6 Å². The summed E-state index contributed by atoms with van der Waals surface area (Å²) < 4.78 is 0. The molecule has 2 unspecified atom stereocenters. The monoisotopic (exact) mass is 266 g/mol. The molecule has 2 aliphatic carbocycles. The van der Waals surface area contributed by atoms with Crippen molar-refractivity contribution in [1.82, 2.24) is 0 Å². The standard InChI is InChI=1S/C16H26O3/c17-14-10-6-2-1-5-9-13(14)16(19)12-8-4-3-7-11-15(16)18/h13,19H,1-12H2. The number of Topliss-reactive ketones (excluding diaryl/α,β-unsaturated/α-hetero) is 2. The van der Waals surface area contributed by atoms with Gasteiger partial charge in [0.25, 0.3) is 0 Å². The summed E-state index contributed by atoms with van der Waals surface area (Å²) in [7, 11) is 0. The van der Waals surface area contributed by atoms with Gasteiger partial charge in [0.05, 0.1) is 5.92 Å². The van der Waals surface area contributed by atoms with E-state index >= 15 is 0 Å². The first kappa shape index (κ1) is 14.7. The molecule has 0 aromatic heterocycles. The fourth-order valence-corrected chi connectivity index (χ4v) is 3.60. The Hall–Kier alpha value is -0.700. The molecule has 3 nitrogen and oxygen atoms in total. The van der Waals surface area contributed by atoms with Gasteiger partial charge in [-0.3, -0.25) is 9.59 Å². The number of carbonyl (C=O) groups excluding carboxylic acids is 2. The molecule has 0 bridgehead atoms. The zero-order valence-corrected chi connectivity index (χ0v) is 11.8. The lowest BCUT2D eigenvalue weighted by Crippen LogP contribution is -2.49. The van der Waals surface area contributed by atoms with Gasteiger partial charge >= 0.3 is 0 Å². The third kappa shape index (κ3) is 3.44. The third-order valence-corrected chi connectivity index (χ3v) is 4.83. The van der Waals surface area contributed by atoms with E-state index in [2.05, 4.69) is 0 Å². The van der Waals surface area contributed by atoms with E-state index in [9.17, 15) is 14.7 Å². The van der Waals surface area contributed by atoms with Gasteiger partial charge in [-0.15, -0.1) is 0 Å². The van der Waals surface area contributed by atoms with Crippen LogP contribution in [0, 0.1) is 5.92 Å². The molecule has 2 atom stereocenters. The minimum absolute atomic E-state index is 0.0777. The molecule has 0 radical (unpaired) electrons. The van der Waals surface area contributed by atoms with Crippen molar-refractivity contribution in [2.24, 2.45) is 5.92 Å². The second-order valence-electron chi connectivity index (χ2n) is 6.23. The Morgan fingerprint density at radius 1 is 0.842 bits per heavy atom. The van der Waals surface area contributed by atoms with Gasteiger partial charge in [-0.2, -0.15) is 0 Å². The van der Waals surface area contributed by atoms with Crippen molar-refractivity contribution in [3.63, 3.8) is 0 Å². The van der Waals surface area contributed by atoms with E-state index < -0.39 is 11.5 Å². The zero-order chi connectivity index (χ0) is 13.7. The van der Waals surface area contributed by atoms with E-state index in [0.717, 1.165) is 51.4 Å². The van der Waals surface area contributed by atoms with E-state index in [-0.39, 0.29) is 11.6 Å². The lowest BCUT2D eigenvalue weighted by atomic mass is 9.71. The number of carbonyl (C=O) groups is 2. The average Bonchev–Trinajstić information content (AvgIpc) is 2.36. The molecule has 0 aromatic carbocycles. The summed E-state index contributed by atoms with van der Waals surface area (Å²) in [6, 6.07) is 0. The molecular formula is C16H26O3.